The van der Waals surface area contributed by atoms with E-state index in [4.69, 9.17) is 9.68 Å². The predicted molar refractivity (Wildman–Crippen MR) is 64.5 cm³/mol. The van der Waals surface area contributed by atoms with Gasteiger partial charge in [-0.2, -0.15) is 5.26 Å². The van der Waals surface area contributed by atoms with E-state index < -0.39 is 4.92 Å². The van der Waals surface area contributed by atoms with Gasteiger partial charge in [0.1, 0.15) is 17.3 Å². The highest BCUT2D eigenvalue weighted by atomic mass is 16.6. The van der Waals surface area contributed by atoms with Gasteiger partial charge in [0.25, 0.3) is 5.69 Å². The Labute approximate surface area is 103 Å². The van der Waals surface area contributed by atoms with Gasteiger partial charge in [0, 0.05) is 11.6 Å². The molecule has 0 unspecified atom stereocenters. The Morgan fingerprint density at radius 2 is 2.17 bits per heavy atom. The molecule has 0 aliphatic heterocycles. The van der Waals surface area contributed by atoms with Crippen LogP contribution >= 0.6 is 0 Å². The molecule has 0 bridgehead atoms. The van der Waals surface area contributed by atoms with Gasteiger partial charge in [-0.05, 0) is 13.0 Å². The first-order valence-electron chi connectivity index (χ1n) is 5.12. The van der Waals surface area contributed by atoms with Crippen molar-refractivity contribution in [2.24, 2.45) is 0 Å². The molecule has 18 heavy (non-hydrogen) atoms. The fourth-order valence-electron chi connectivity index (χ4n) is 1.54. The first-order chi connectivity index (χ1) is 8.63. The van der Waals surface area contributed by atoms with E-state index in [1.807, 2.05) is 6.07 Å². The fourth-order valence-corrected chi connectivity index (χ4v) is 1.54. The highest BCUT2D eigenvalue weighted by molar-refractivity contribution is 5.70. The molecule has 0 saturated carbocycles. The molecule has 6 heteroatoms. The van der Waals surface area contributed by atoms with Crippen molar-refractivity contribution in [3.05, 3.63) is 51.8 Å². The highest BCUT2D eigenvalue weighted by Crippen LogP contribution is 2.30. The Morgan fingerprint density at radius 3 is 2.83 bits per heavy atom. The Bertz CT molecular complexity index is 640. The maximum Gasteiger partial charge on any atom is 0.292 e. The van der Waals surface area contributed by atoms with Gasteiger partial charge in [-0.1, -0.05) is 12.1 Å². The van der Waals surface area contributed by atoms with Crippen molar-refractivity contribution in [2.75, 3.05) is 5.32 Å². The summed E-state index contributed by atoms with van der Waals surface area (Å²) in [4.78, 5) is 10.3. The van der Waals surface area contributed by atoms with Gasteiger partial charge >= 0.3 is 0 Å². The highest BCUT2D eigenvalue weighted by Gasteiger charge is 2.16. The topological polar surface area (TPSA) is 92.1 Å². The molecule has 1 heterocycles. The smallest absolute Gasteiger partial charge is 0.292 e. The standard InChI is InChI=1S/C12H9N3O3/c1-8-7-18-12(9(8)6-13)14-10-4-2-3-5-11(10)15(16)17/h2-5,7,14H,1H3. The van der Waals surface area contributed by atoms with Crippen LogP contribution in [0.5, 0.6) is 0 Å². The molecule has 1 aromatic carbocycles. The number of rotatable bonds is 3. The van der Waals surface area contributed by atoms with Crippen molar-refractivity contribution < 1.29 is 9.34 Å². The lowest BCUT2D eigenvalue weighted by Crippen LogP contribution is -1.97. The normalized spacial score (nSPS) is 9.78. The quantitative estimate of drug-likeness (QED) is 0.660. The summed E-state index contributed by atoms with van der Waals surface area (Å²) in [5.41, 5.74) is 1.23. The third-order valence-corrected chi connectivity index (χ3v) is 2.44. The molecular weight excluding hydrogens is 234 g/mol. The van der Waals surface area contributed by atoms with Crippen LogP contribution in [0.1, 0.15) is 11.1 Å². The van der Waals surface area contributed by atoms with E-state index in [9.17, 15) is 10.1 Å². The minimum absolute atomic E-state index is 0.0737. The summed E-state index contributed by atoms with van der Waals surface area (Å²) in [6.07, 6.45) is 1.43. The molecule has 0 aliphatic rings. The molecule has 6 nitrogen and oxygen atoms in total. The first kappa shape index (κ1) is 11.7. The Morgan fingerprint density at radius 1 is 1.44 bits per heavy atom. The average Bonchev–Trinajstić information content (AvgIpc) is 2.70. The number of hydrogen-bond donors (Lipinski definition) is 1. The third-order valence-electron chi connectivity index (χ3n) is 2.44. The molecule has 2 aromatic rings. The molecule has 90 valence electrons. The van der Waals surface area contributed by atoms with Gasteiger partial charge in [-0.25, -0.2) is 0 Å². The van der Waals surface area contributed by atoms with E-state index in [2.05, 4.69) is 5.32 Å². The van der Waals surface area contributed by atoms with Crippen molar-refractivity contribution in [1.82, 2.24) is 0 Å². The number of hydrogen-bond acceptors (Lipinski definition) is 5. The summed E-state index contributed by atoms with van der Waals surface area (Å²) in [7, 11) is 0. The van der Waals surface area contributed by atoms with Crippen LogP contribution < -0.4 is 5.32 Å². The summed E-state index contributed by atoms with van der Waals surface area (Å²) < 4.78 is 5.17. The summed E-state index contributed by atoms with van der Waals surface area (Å²) in [5, 5.41) is 22.6. The third kappa shape index (κ3) is 2.01. The number of nitrogens with zero attached hydrogens (tertiary/aromatic N) is 2. The zero-order valence-electron chi connectivity index (χ0n) is 9.51. The molecule has 0 aliphatic carbocycles. The average molecular weight is 243 g/mol. The van der Waals surface area contributed by atoms with E-state index in [0.717, 1.165) is 0 Å². The molecule has 0 atom stereocenters. The van der Waals surface area contributed by atoms with Crippen LogP contribution in [0.4, 0.5) is 17.3 Å². The van der Waals surface area contributed by atoms with Crippen LogP contribution in [0.25, 0.3) is 0 Å². The minimum Gasteiger partial charge on any atom is -0.447 e. The number of nitro benzene ring substituents is 1. The van der Waals surface area contributed by atoms with Gasteiger partial charge in [-0.3, -0.25) is 10.1 Å². The molecule has 2 rings (SSSR count). The number of nitro groups is 1. The van der Waals surface area contributed by atoms with E-state index in [-0.39, 0.29) is 17.3 Å². The van der Waals surface area contributed by atoms with E-state index >= 15 is 0 Å². The number of anilines is 2. The van der Waals surface area contributed by atoms with E-state index in [1.165, 1.54) is 12.3 Å². The molecule has 0 spiro atoms. The van der Waals surface area contributed by atoms with Crippen LogP contribution in [-0.2, 0) is 0 Å². The minimum atomic E-state index is -0.496. The monoisotopic (exact) mass is 243 g/mol. The Hall–Kier alpha value is -2.81. The van der Waals surface area contributed by atoms with Crippen LogP contribution in [0.3, 0.4) is 0 Å². The van der Waals surface area contributed by atoms with Crippen molar-refractivity contribution >= 4 is 17.3 Å². The lowest BCUT2D eigenvalue weighted by Gasteiger charge is -2.03. The van der Waals surface area contributed by atoms with Crippen molar-refractivity contribution in [1.29, 1.82) is 5.26 Å². The lowest BCUT2D eigenvalue weighted by molar-refractivity contribution is -0.383. The molecular formula is C12H9N3O3. The van der Waals surface area contributed by atoms with Gasteiger partial charge in [0.05, 0.1) is 11.2 Å². The van der Waals surface area contributed by atoms with Crippen molar-refractivity contribution in [3.8, 4) is 6.07 Å². The van der Waals surface area contributed by atoms with E-state index in [0.29, 0.717) is 11.1 Å². The SMILES string of the molecule is Cc1coc(Nc2ccccc2[N+](=O)[O-])c1C#N. The number of nitrogens with one attached hydrogen (secondary N) is 1. The second-order valence-electron chi connectivity index (χ2n) is 3.63. The summed E-state index contributed by atoms with van der Waals surface area (Å²) in [6, 6.07) is 8.15. The lowest BCUT2D eigenvalue weighted by atomic mass is 10.2. The van der Waals surface area contributed by atoms with Gasteiger partial charge in [0.15, 0.2) is 0 Å². The Kier molecular flexibility index (Phi) is 2.98. The molecule has 0 amide bonds. The number of nitriles is 1. The van der Waals surface area contributed by atoms with Crippen LogP contribution in [0.2, 0.25) is 0 Å². The fraction of sp³-hybridized carbons (Fsp3) is 0.0833. The number of aryl methyl sites for hydroxylation is 1. The Balaban J connectivity index is 2.41. The van der Waals surface area contributed by atoms with Gasteiger partial charge in [-0.15, -0.1) is 0 Å². The summed E-state index contributed by atoms with van der Waals surface area (Å²) in [5.74, 6) is 0.212. The van der Waals surface area contributed by atoms with Crippen LogP contribution in [0.15, 0.2) is 34.9 Å². The van der Waals surface area contributed by atoms with Gasteiger partial charge in [0.2, 0.25) is 5.88 Å². The number of benzene rings is 1. The predicted octanol–water partition coefficient (Wildman–Crippen LogP) is 3.11. The van der Waals surface area contributed by atoms with Crippen molar-refractivity contribution in [2.45, 2.75) is 6.92 Å². The van der Waals surface area contributed by atoms with Crippen LogP contribution in [0, 0.1) is 28.4 Å². The second kappa shape index (κ2) is 4.59. The molecule has 1 N–H and O–H groups in total. The maximum absolute atomic E-state index is 10.8. The zero-order valence-corrected chi connectivity index (χ0v) is 9.51. The zero-order chi connectivity index (χ0) is 13.1. The second-order valence-corrected chi connectivity index (χ2v) is 3.63. The molecule has 1 aromatic heterocycles. The number of furan rings is 1. The molecule has 0 radical (unpaired) electrons. The molecule has 0 fully saturated rings. The number of para-hydroxylation sites is 2. The van der Waals surface area contributed by atoms with Crippen LogP contribution in [-0.4, -0.2) is 4.92 Å². The first-order valence-corrected chi connectivity index (χ1v) is 5.12. The largest absolute Gasteiger partial charge is 0.447 e. The van der Waals surface area contributed by atoms with Gasteiger partial charge < -0.3 is 9.73 Å². The maximum atomic E-state index is 10.8. The summed E-state index contributed by atoms with van der Waals surface area (Å²) in [6.45, 7) is 1.73. The summed E-state index contributed by atoms with van der Waals surface area (Å²) >= 11 is 0. The van der Waals surface area contributed by atoms with Crippen molar-refractivity contribution in [3.63, 3.8) is 0 Å². The van der Waals surface area contributed by atoms with E-state index in [1.54, 1.807) is 25.1 Å². The molecule has 0 saturated heterocycles.